The summed E-state index contributed by atoms with van der Waals surface area (Å²) in [5.74, 6) is 0.859. The van der Waals surface area contributed by atoms with Crippen LogP contribution >= 0.6 is 22.6 Å². The molecular weight excluding hydrogens is 333 g/mol. The monoisotopic (exact) mass is 347 g/mol. The van der Waals surface area contributed by atoms with Crippen molar-refractivity contribution in [3.63, 3.8) is 0 Å². The van der Waals surface area contributed by atoms with E-state index in [-0.39, 0.29) is 17.9 Å². The van der Waals surface area contributed by atoms with Crippen molar-refractivity contribution in [3.05, 3.63) is 9.77 Å². The maximum absolute atomic E-state index is 11.8. The summed E-state index contributed by atoms with van der Waals surface area (Å²) in [5, 5.41) is 6.00. The predicted molar refractivity (Wildman–Crippen MR) is 73.4 cm³/mol. The molecular formula is C10H14IN5O. The molecule has 1 aromatic heterocycles. The second-order valence-corrected chi connectivity index (χ2v) is 5.07. The molecule has 1 atom stereocenters. The molecule has 7 heteroatoms. The van der Waals surface area contributed by atoms with Crippen molar-refractivity contribution >= 4 is 40.3 Å². The van der Waals surface area contributed by atoms with E-state index in [0.717, 1.165) is 29.4 Å². The number of carbonyl (C=O) groups excluding carboxylic acids is 1. The van der Waals surface area contributed by atoms with E-state index in [0.29, 0.717) is 5.82 Å². The van der Waals surface area contributed by atoms with E-state index < -0.39 is 0 Å². The number of nitrogen functional groups attached to an aromatic ring is 1. The third-order valence-corrected chi connectivity index (χ3v) is 3.40. The number of hydrogen-bond donors (Lipinski definition) is 3. The van der Waals surface area contributed by atoms with Crippen LogP contribution in [-0.2, 0) is 4.79 Å². The van der Waals surface area contributed by atoms with E-state index in [1.807, 2.05) is 0 Å². The summed E-state index contributed by atoms with van der Waals surface area (Å²) >= 11 is 2.12. The largest absolute Gasteiger partial charge is 0.368 e. The molecule has 92 valence electrons. The highest BCUT2D eigenvalue weighted by atomic mass is 127. The van der Waals surface area contributed by atoms with Crippen molar-refractivity contribution in [1.29, 1.82) is 0 Å². The van der Waals surface area contributed by atoms with Gasteiger partial charge in [0.25, 0.3) is 0 Å². The van der Waals surface area contributed by atoms with Gasteiger partial charge in [0.05, 0.1) is 3.57 Å². The van der Waals surface area contributed by atoms with Gasteiger partial charge in [-0.25, -0.2) is 4.98 Å². The molecule has 1 fully saturated rings. The van der Waals surface area contributed by atoms with Crippen LogP contribution < -0.4 is 16.4 Å². The molecule has 2 heterocycles. The first-order chi connectivity index (χ1) is 8.16. The van der Waals surface area contributed by atoms with E-state index in [1.165, 1.54) is 0 Å². The molecule has 4 N–H and O–H groups in total. The molecule has 1 aromatic rings. The highest BCUT2D eigenvalue weighted by Gasteiger charge is 2.21. The zero-order valence-electron chi connectivity index (χ0n) is 9.24. The summed E-state index contributed by atoms with van der Waals surface area (Å²) in [5.41, 5.74) is 5.53. The maximum Gasteiger partial charge on any atom is 0.242 e. The third-order valence-electron chi connectivity index (χ3n) is 2.61. The van der Waals surface area contributed by atoms with Crippen LogP contribution in [0.25, 0.3) is 0 Å². The lowest BCUT2D eigenvalue weighted by molar-refractivity contribution is -0.121. The molecule has 1 saturated heterocycles. The number of anilines is 2. The fourth-order valence-electron chi connectivity index (χ4n) is 1.72. The summed E-state index contributed by atoms with van der Waals surface area (Å²) in [7, 11) is 0. The molecule has 0 aliphatic carbocycles. The number of carbonyl (C=O) groups is 1. The Morgan fingerprint density at radius 1 is 1.53 bits per heavy atom. The smallest absolute Gasteiger partial charge is 0.242 e. The summed E-state index contributed by atoms with van der Waals surface area (Å²) in [4.78, 5) is 19.8. The number of amides is 1. The van der Waals surface area contributed by atoms with Gasteiger partial charge in [-0.1, -0.05) is 0 Å². The van der Waals surface area contributed by atoms with Crippen molar-refractivity contribution in [2.75, 3.05) is 17.6 Å². The number of nitrogens with two attached hydrogens (primary N) is 1. The van der Waals surface area contributed by atoms with Crippen LogP contribution in [0.5, 0.6) is 0 Å². The Labute approximate surface area is 113 Å². The van der Waals surface area contributed by atoms with Crippen molar-refractivity contribution in [3.8, 4) is 0 Å². The van der Waals surface area contributed by atoms with E-state index >= 15 is 0 Å². The first-order valence-electron chi connectivity index (χ1n) is 5.49. The van der Waals surface area contributed by atoms with Gasteiger partial charge in [0, 0.05) is 12.7 Å². The van der Waals surface area contributed by atoms with Crippen LogP contribution in [0.4, 0.5) is 11.8 Å². The van der Waals surface area contributed by atoms with Crippen LogP contribution in [-0.4, -0.2) is 28.5 Å². The molecule has 1 aliphatic heterocycles. The van der Waals surface area contributed by atoms with Gasteiger partial charge in [0.15, 0.2) is 0 Å². The van der Waals surface area contributed by atoms with Gasteiger partial charge in [0.1, 0.15) is 11.9 Å². The minimum absolute atomic E-state index is 0.0236. The number of halogens is 1. The molecule has 6 nitrogen and oxygen atoms in total. The molecule has 1 unspecified atom stereocenters. The highest BCUT2D eigenvalue weighted by Crippen LogP contribution is 2.18. The van der Waals surface area contributed by atoms with E-state index in [9.17, 15) is 4.79 Å². The first kappa shape index (κ1) is 12.3. The van der Waals surface area contributed by atoms with Crippen LogP contribution in [0.3, 0.4) is 0 Å². The van der Waals surface area contributed by atoms with E-state index in [4.69, 9.17) is 5.73 Å². The quantitative estimate of drug-likeness (QED) is 0.687. The Kier molecular flexibility index (Phi) is 3.97. The topological polar surface area (TPSA) is 92.9 Å². The first-order valence-corrected chi connectivity index (χ1v) is 6.57. The Morgan fingerprint density at radius 2 is 2.35 bits per heavy atom. The Hall–Kier alpha value is -1.12. The van der Waals surface area contributed by atoms with Crippen LogP contribution in [0.15, 0.2) is 6.20 Å². The summed E-state index contributed by atoms with van der Waals surface area (Å²) in [6.45, 7) is 0.750. The van der Waals surface area contributed by atoms with E-state index in [2.05, 4.69) is 43.2 Å². The molecule has 0 saturated carbocycles. The molecule has 0 spiro atoms. The lowest BCUT2D eigenvalue weighted by Crippen LogP contribution is -2.38. The molecule has 0 radical (unpaired) electrons. The molecule has 0 bridgehead atoms. The number of rotatable bonds is 2. The standard InChI is InChI=1S/C10H14IN5O/c11-6-5-14-10(12)16-8(6)15-7-3-1-2-4-13-9(7)17/h5,7H,1-4H2,(H,13,17)(H3,12,14,15,16). The highest BCUT2D eigenvalue weighted by molar-refractivity contribution is 14.1. The fraction of sp³-hybridized carbons (Fsp3) is 0.500. The number of nitrogens with zero attached hydrogens (tertiary/aromatic N) is 2. The average Bonchev–Trinajstić information content (AvgIpc) is 2.50. The van der Waals surface area contributed by atoms with Crippen LogP contribution in [0.1, 0.15) is 19.3 Å². The molecule has 1 aliphatic rings. The van der Waals surface area contributed by atoms with Gasteiger partial charge >= 0.3 is 0 Å². The van der Waals surface area contributed by atoms with Crippen molar-refractivity contribution in [1.82, 2.24) is 15.3 Å². The summed E-state index contributed by atoms with van der Waals surface area (Å²) < 4.78 is 0.855. The van der Waals surface area contributed by atoms with Gasteiger partial charge in [0.2, 0.25) is 11.9 Å². The number of hydrogen-bond acceptors (Lipinski definition) is 5. The van der Waals surface area contributed by atoms with Crippen molar-refractivity contribution < 1.29 is 4.79 Å². The second kappa shape index (κ2) is 5.48. The Bertz CT molecular complexity index is 425. The predicted octanol–water partition coefficient (Wildman–Crippen LogP) is 0.744. The molecule has 17 heavy (non-hydrogen) atoms. The molecule has 2 rings (SSSR count). The zero-order valence-corrected chi connectivity index (χ0v) is 11.4. The second-order valence-electron chi connectivity index (χ2n) is 3.91. The molecule has 0 aromatic carbocycles. The van der Waals surface area contributed by atoms with Gasteiger partial charge in [-0.3, -0.25) is 4.79 Å². The molecule has 1 amide bonds. The van der Waals surface area contributed by atoms with Gasteiger partial charge < -0.3 is 16.4 Å². The Balaban J connectivity index is 2.13. The lowest BCUT2D eigenvalue weighted by atomic mass is 10.1. The third kappa shape index (κ3) is 3.18. The summed E-state index contributed by atoms with van der Waals surface area (Å²) in [6, 6.07) is -0.236. The van der Waals surface area contributed by atoms with E-state index in [1.54, 1.807) is 6.20 Å². The Morgan fingerprint density at radius 3 is 3.18 bits per heavy atom. The normalized spacial score (nSPS) is 20.5. The van der Waals surface area contributed by atoms with Crippen molar-refractivity contribution in [2.45, 2.75) is 25.3 Å². The van der Waals surface area contributed by atoms with Gasteiger partial charge in [-0.05, 0) is 41.9 Å². The van der Waals surface area contributed by atoms with Crippen LogP contribution in [0.2, 0.25) is 0 Å². The zero-order chi connectivity index (χ0) is 12.3. The maximum atomic E-state index is 11.8. The fourth-order valence-corrected chi connectivity index (χ4v) is 2.14. The number of aromatic nitrogens is 2. The number of nitrogens with one attached hydrogen (secondary N) is 2. The SMILES string of the molecule is Nc1ncc(I)c(NC2CCCCNC2=O)n1. The lowest BCUT2D eigenvalue weighted by Gasteiger charge is -2.16. The van der Waals surface area contributed by atoms with Crippen LogP contribution in [0, 0.1) is 3.57 Å². The van der Waals surface area contributed by atoms with Gasteiger partial charge in [-0.2, -0.15) is 4.98 Å². The minimum Gasteiger partial charge on any atom is -0.368 e. The average molecular weight is 347 g/mol. The minimum atomic E-state index is -0.236. The summed E-state index contributed by atoms with van der Waals surface area (Å²) in [6.07, 6.45) is 4.49. The van der Waals surface area contributed by atoms with Crippen molar-refractivity contribution in [2.24, 2.45) is 0 Å². The van der Waals surface area contributed by atoms with Gasteiger partial charge in [-0.15, -0.1) is 0 Å².